The van der Waals surface area contributed by atoms with Crippen LogP contribution >= 0.6 is 11.3 Å². The molecule has 3 aromatic rings. The van der Waals surface area contributed by atoms with Gasteiger partial charge in [0, 0.05) is 33.1 Å². The molecule has 1 N–H and O–H groups in total. The predicted octanol–water partition coefficient (Wildman–Crippen LogP) is 2.77. The number of carbonyl (C=O) groups is 1. The molecule has 1 unspecified atom stereocenters. The van der Waals surface area contributed by atoms with Crippen LogP contribution in [0.4, 0.5) is 16.0 Å². The Bertz CT molecular complexity index is 1030. The van der Waals surface area contributed by atoms with Crippen molar-refractivity contribution in [2.45, 2.75) is 26.8 Å². The van der Waals surface area contributed by atoms with Gasteiger partial charge in [0.25, 0.3) is 0 Å². The van der Waals surface area contributed by atoms with E-state index < -0.39 is 0 Å². The Kier molecular flexibility index (Phi) is 5.37. The molecule has 0 bridgehead atoms. The van der Waals surface area contributed by atoms with E-state index in [2.05, 4.69) is 35.1 Å². The van der Waals surface area contributed by atoms with E-state index >= 15 is 0 Å². The first-order valence-corrected chi connectivity index (χ1v) is 10.2. The number of hydrogen-bond acceptors (Lipinski definition) is 8. The molecular formula is C19H22FN7OS. The molecule has 1 aliphatic heterocycles. The number of nitrogens with zero attached hydrogens (tertiary/aromatic N) is 6. The van der Waals surface area contributed by atoms with Crippen LogP contribution in [0.25, 0.3) is 10.3 Å². The van der Waals surface area contributed by atoms with E-state index in [4.69, 9.17) is 0 Å². The van der Waals surface area contributed by atoms with Crippen molar-refractivity contribution >= 4 is 39.2 Å². The van der Waals surface area contributed by atoms with Crippen LogP contribution in [0.3, 0.4) is 0 Å². The van der Waals surface area contributed by atoms with E-state index in [1.807, 2.05) is 13.8 Å². The zero-order chi connectivity index (χ0) is 20.5. The molecule has 0 radical (unpaired) electrons. The molecule has 0 aromatic carbocycles. The van der Waals surface area contributed by atoms with Gasteiger partial charge in [-0.2, -0.15) is 0 Å². The summed E-state index contributed by atoms with van der Waals surface area (Å²) >= 11 is 1.45. The second kappa shape index (κ2) is 7.96. The summed E-state index contributed by atoms with van der Waals surface area (Å²) in [6.45, 7) is 8.26. The lowest BCUT2D eigenvalue weighted by Gasteiger charge is -2.37. The van der Waals surface area contributed by atoms with Gasteiger partial charge in [0.1, 0.15) is 5.82 Å². The molecule has 4 heterocycles. The van der Waals surface area contributed by atoms with Crippen LogP contribution in [0.1, 0.15) is 30.6 Å². The summed E-state index contributed by atoms with van der Waals surface area (Å²) in [7, 11) is 0. The van der Waals surface area contributed by atoms with Gasteiger partial charge < -0.3 is 10.2 Å². The molecule has 152 valence electrons. The van der Waals surface area contributed by atoms with Gasteiger partial charge in [-0.1, -0.05) is 0 Å². The second-order valence-corrected chi connectivity index (χ2v) is 8.30. The highest BCUT2D eigenvalue weighted by Gasteiger charge is 2.26. The maximum Gasteiger partial charge on any atom is 0.225 e. The molecule has 1 fully saturated rings. The molecule has 29 heavy (non-hydrogen) atoms. The maximum absolute atomic E-state index is 14.6. The molecule has 1 atom stereocenters. The van der Waals surface area contributed by atoms with Crippen molar-refractivity contribution in [1.29, 1.82) is 0 Å². The molecule has 3 aromatic heterocycles. The number of fused-ring (bicyclic) bond motifs is 1. The molecule has 0 spiro atoms. The van der Waals surface area contributed by atoms with Crippen LogP contribution in [0.15, 0.2) is 18.5 Å². The van der Waals surface area contributed by atoms with E-state index in [1.54, 1.807) is 18.5 Å². The minimum atomic E-state index is -0.284. The smallest absolute Gasteiger partial charge is 0.225 e. The van der Waals surface area contributed by atoms with Gasteiger partial charge in [-0.25, -0.2) is 24.3 Å². The summed E-state index contributed by atoms with van der Waals surface area (Å²) in [5.74, 6) is 0.179. The highest BCUT2D eigenvalue weighted by Crippen LogP contribution is 2.28. The zero-order valence-corrected chi connectivity index (χ0v) is 17.3. The van der Waals surface area contributed by atoms with Crippen LogP contribution in [0, 0.1) is 12.7 Å². The highest BCUT2D eigenvalue weighted by molar-refractivity contribution is 7.18. The summed E-state index contributed by atoms with van der Waals surface area (Å²) in [5.41, 5.74) is 1.62. The van der Waals surface area contributed by atoms with Crippen LogP contribution in [-0.4, -0.2) is 56.9 Å². The number of nitrogens with one attached hydrogen (secondary N) is 1. The molecule has 10 heteroatoms. The molecule has 0 aliphatic carbocycles. The summed E-state index contributed by atoms with van der Waals surface area (Å²) in [6, 6.07) is 1.39. The SMILES string of the molecule is CC(=O)Nc1cnc(N2CCN(C(C)c3nc4nc(C)sc4cc3F)CC2)nc1. The van der Waals surface area contributed by atoms with Crippen molar-refractivity contribution in [3.63, 3.8) is 0 Å². The van der Waals surface area contributed by atoms with Gasteiger partial charge in [-0.15, -0.1) is 11.3 Å². The third-order valence-corrected chi connectivity index (χ3v) is 5.88. The monoisotopic (exact) mass is 415 g/mol. The Morgan fingerprint density at radius 1 is 1.21 bits per heavy atom. The maximum atomic E-state index is 14.6. The van der Waals surface area contributed by atoms with Crippen LogP contribution < -0.4 is 10.2 Å². The van der Waals surface area contributed by atoms with Gasteiger partial charge in [-0.3, -0.25) is 9.69 Å². The predicted molar refractivity (Wildman–Crippen MR) is 111 cm³/mol. The molecular weight excluding hydrogens is 393 g/mol. The number of amides is 1. The summed E-state index contributed by atoms with van der Waals surface area (Å²) < 4.78 is 15.4. The average Bonchev–Trinajstić information content (AvgIpc) is 3.06. The van der Waals surface area contributed by atoms with Gasteiger partial charge in [0.15, 0.2) is 5.65 Å². The lowest BCUT2D eigenvalue weighted by Crippen LogP contribution is -2.48. The summed E-state index contributed by atoms with van der Waals surface area (Å²) in [4.78, 5) is 32.9. The van der Waals surface area contributed by atoms with Crippen molar-refractivity contribution in [2.75, 3.05) is 36.4 Å². The number of carbonyl (C=O) groups excluding carboxylic acids is 1. The van der Waals surface area contributed by atoms with Crippen molar-refractivity contribution in [1.82, 2.24) is 24.8 Å². The summed E-state index contributed by atoms with van der Waals surface area (Å²) in [5, 5.41) is 3.54. The van der Waals surface area contributed by atoms with E-state index in [0.717, 1.165) is 35.9 Å². The van der Waals surface area contributed by atoms with Crippen molar-refractivity contribution in [2.24, 2.45) is 0 Å². The minimum Gasteiger partial charge on any atom is -0.338 e. The van der Waals surface area contributed by atoms with Gasteiger partial charge >= 0.3 is 0 Å². The van der Waals surface area contributed by atoms with E-state index in [-0.39, 0.29) is 17.8 Å². The number of thiazole rings is 1. The van der Waals surface area contributed by atoms with Gasteiger partial charge in [-0.05, 0) is 19.9 Å². The number of rotatable bonds is 4. The molecule has 1 amide bonds. The molecule has 8 nitrogen and oxygen atoms in total. The van der Waals surface area contributed by atoms with Gasteiger partial charge in [0.05, 0.1) is 39.5 Å². The minimum absolute atomic E-state index is 0.147. The number of pyridine rings is 1. The number of piperazine rings is 1. The van der Waals surface area contributed by atoms with Crippen molar-refractivity contribution < 1.29 is 9.18 Å². The lowest BCUT2D eigenvalue weighted by molar-refractivity contribution is -0.114. The highest BCUT2D eigenvalue weighted by atomic mass is 32.1. The first-order chi connectivity index (χ1) is 13.9. The fourth-order valence-corrected chi connectivity index (χ4v) is 4.29. The first-order valence-electron chi connectivity index (χ1n) is 9.43. The molecule has 1 aliphatic rings. The molecule has 1 saturated heterocycles. The van der Waals surface area contributed by atoms with Crippen LogP contribution in [0.2, 0.25) is 0 Å². The average molecular weight is 415 g/mol. The van der Waals surface area contributed by atoms with Crippen LogP contribution in [-0.2, 0) is 4.79 Å². The lowest BCUT2D eigenvalue weighted by atomic mass is 10.1. The Hall–Kier alpha value is -2.72. The number of hydrogen-bond donors (Lipinski definition) is 1. The summed E-state index contributed by atoms with van der Waals surface area (Å²) in [6.07, 6.45) is 3.20. The topological polar surface area (TPSA) is 87.1 Å². The van der Waals surface area contributed by atoms with E-state index in [0.29, 0.717) is 23.0 Å². The fraction of sp³-hybridized carbons (Fsp3) is 0.421. The Balaban J connectivity index is 1.42. The number of aromatic nitrogens is 4. The number of aryl methyl sites for hydroxylation is 1. The number of halogens is 1. The fourth-order valence-electron chi connectivity index (χ4n) is 3.49. The van der Waals surface area contributed by atoms with Crippen molar-refractivity contribution in [3.05, 3.63) is 35.0 Å². The Morgan fingerprint density at radius 2 is 1.90 bits per heavy atom. The zero-order valence-electron chi connectivity index (χ0n) is 16.5. The first kappa shape index (κ1) is 19.6. The molecule has 0 saturated carbocycles. The Morgan fingerprint density at radius 3 is 2.55 bits per heavy atom. The third-order valence-electron chi connectivity index (χ3n) is 4.97. The van der Waals surface area contributed by atoms with Gasteiger partial charge in [0.2, 0.25) is 11.9 Å². The van der Waals surface area contributed by atoms with E-state index in [1.165, 1.54) is 18.3 Å². The number of anilines is 2. The van der Waals surface area contributed by atoms with Crippen LogP contribution in [0.5, 0.6) is 0 Å². The van der Waals surface area contributed by atoms with Crippen molar-refractivity contribution in [3.8, 4) is 0 Å². The molecule has 4 rings (SSSR count). The Labute approximate surface area is 171 Å². The normalized spacial score (nSPS) is 16.2. The third kappa shape index (κ3) is 4.18. The quantitative estimate of drug-likeness (QED) is 0.701. The van der Waals surface area contributed by atoms with E-state index in [9.17, 15) is 9.18 Å². The largest absolute Gasteiger partial charge is 0.338 e. The second-order valence-electron chi connectivity index (χ2n) is 7.06. The standard InChI is InChI=1S/C19H22FN7OS/c1-11(17-15(20)8-16-18(25-17)24-13(3)29-16)26-4-6-27(7-5-26)19-21-9-14(10-22-19)23-12(2)28/h8-11H,4-7H2,1-3H3,(H,23,28).